The number of aliphatic hydroxyl groups is 1. The summed E-state index contributed by atoms with van der Waals surface area (Å²) in [6.07, 6.45) is -0.612. The highest BCUT2D eigenvalue weighted by atomic mass is 16.5. The molecule has 0 radical (unpaired) electrons. The molecular formula is C17H26N2O3. The minimum atomic E-state index is -0.612. The third kappa shape index (κ3) is 4.71. The van der Waals surface area contributed by atoms with Gasteiger partial charge in [0.1, 0.15) is 18.5 Å². The maximum absolute atomic E-state index is 11.3. The van der Waals surface area contributed by atoms with Gasteiger partial charge in [-0.15, -0.1) is 0 Å². The van der Waals surface area contributed by atoms with Crippen molar-refractivity contribution in [2.24, 2.45) is 0 Å². The predicted molar refractivity (Wildman–Crippen MR) is 86.1 cm³/mol. The molecule has 1 atom stereocenters. The maximum Gasteiger partial charge on any atom is 0.234 e. The summed E-state index contributed by atoms with van der Waals surface area (Å²) in [7, 11) is 0. The molecule has 0 saturated carbocycles. The minimum absolute atomic E-state index is 0.00744. The number of aliphatic hydroxyl groups excluding tert-OH is 1. The van der Waals surface area contributed by atoms with E-state index >= 15 is 0 Å². The van der Waals surface area contributed by atoms with Crippen molar-refractivity contribution >= 4 is 5.91 Å². The Morgan fingerprint density at radius 2 is 2.09 bits per heavy atom. The smallest absolute Gasteiger partial charge is 0.234 e. The first-order valence-electron chi connectivity index (χ1n) is 7.75. The van der Waals surface area contributed by atoms with Gasteiger partial charge in [0.2, 0.25) is 5.91 Å². The van der Waals surface area contributed by atoms with Gasteiger partial charge in [0.25, 0.3) is 0 Å². The number of β-amino-alcohol motifs (C(OH)–C–C–N with tert-alkyl or cyclic N) is 1. The van der Waals surface area contributed by atoms with Crippen LogP contribution in [0.4, 0.5) is 0 Å². The van der Waals surface area contributed by atoms with E-state index in [1.807, 2.05) is 23.1 Å². The highest BCUT2D eigenvalue weighted by Gasteiger charge is 2.21. The van der Waals surface area contributed by atoms with Crippen LogP contribution >= 0.6 is 0 Å². The van der Waals surface area contributed by atoms with Crippen LogP contribution in [0.25, 0.3) is 0 Å². The summed E-state index contributed by atoms with van der Waals surface area (Å²) >= 11 is 0. The number of ether oxygens (including phenoxy) is 1. The van der Waals surface area contributed by atoms with Crippen molar-refractivity contribution in [1.29, 1.82) is 0 Å². The third-order valence-electron chi connectivity index (χ3n) is 3.71. The number of hydrogen-bond donors (Lipinski definition) is 2. The number of nitrogens with zero attached hydrogens (tertiary/aromatic N) is 1. The van der Waals surface area contributed by atoms with Gasteiger partial charge in [0.15, 0.2) is 0 Å². The van der Waals surface area contributed by atoms with Gasteiger partial charge >= 0.3 is 0 Å². The van der Waals surface area contributed by atoms with Crippen LogP contribution < -0.4 is 10.1 Å². The molecule has 22 heavy (non-hydrogen) atoms. The molecule has 0 aromatic heterocycles. The topological polar surface area (TPSA) is 61.8 Å². The molecule has 1 aromatic carbocycles. The molecule has 0 spiro atoms. The molecule has 1 saturated heterocycles. The van der Waals surface area contributed by atoms with Gasteiger partial charge in [0.05, 0.1) is 6.54 Å². The Morgan fingerprint density at radius 1 is 1.36 bits per heavy atom. The lowest BCUT2D eigenvalue weighted by atomic mass is 9.86. The van der Waals surface area contributed by atoms with Gasteiger partial charge in [-0.1, -0.05) is 39.0 Å². The van der Waals surface area contributed by atoms with E-state index in [0.717, 1.165) is 17.9 Å². The molecule has 1 fully saturated rings. The van der Waals surface area contributed by atoms with Crippen molar-refractivity contribution in [2.45, 2.75) is 32.3 Å². The Balaban J connectivity index is 1.89. The predicted octanol–water partition coefficient (Wildman–Crippen LogP) is 1.16. The summed E-state index contributed by atoms with van der Waals surface area (Å²) in [6, 6.07) is 7.92. The lowest BCUT2D eigenvalue weighted by Crippen LogP contribution is -2.50. The zero-order chi connectivity index (χ0) is 16.2. The van der Waals surface area contributed by atoms with E-state index in [4.69, 9.17) is 4.74 Å². The Kier molecular flexibility index (Phi) is 5.42. The van der Waals surface area contributed by atoms with Crippen molar-refractivity contribution < 1.29 is 14.6 Å². The largest absolute Gasteiger partial charge is 0.491 e. The number of hydrogen-bond acceptors (Lipinski definition) is 4. The highest BCUT2D eigenvalue weighted by molar-refractivity contribution is 5.78. The van der Waals surface area contributed by atoms with Crippen molar-refractivity contribution in [2.75, 3.05) is 32.8 Å². The van der Waals surface area contributed by atoms with Crippen LogP contribution in [0.15, 0.2) is 24.3 Å². The van der Waals surface area contributed by atoms with Gasteiger partial charge in [-0.25, -0.2) is 0 Å². The Labute approximate surface area is 132 Å². The first kappa shape index (κ1) is 16.8. The van der Waals surface area contributed by atoms with Crippen LogP contribution in [0.5, 0.6) is 5.75 Å². The average molecular weight is 306 g/mol. The highest BCUT2D eigenvalue weighted by Crippen LogP contribution is 2.30. The van der Waals surface area contributed by atoms with Crippen LogP contribution in [-0.4, -0.2) is 54.8 Å². The molecule has 1 heterocycles. The lowest BCUT2D eigenvalue weighted by Gasteiger charge is -2.28. The molecule has 5 heteroatoms. The number of benzene rings is 1. The fourth-order valence-corrected chi connectivity index (χ4v) is 2.60. The van der Waals surface area contributed by atoms with Crippen molar-refractivity contribution in [3.63, 3.8) is 0 Å². The van der Waals surface area contributed by atoms with E-state index in [2.05, 4.69) is 32.2 Å². The molecule has 1 aliphatic rings. The van der Waals surface area contributed by atoms with Crippen LogP contribution in [0.3, 0.4) is 0 Å². The van der Waals surface area contributed by atoms with E-state index in [9.17, 15) is 9.90 Å². The minimum Gasteiger partial charge on any atom is -0.491 e. The number of amides is 1. The zero-order valence-corrected chi connectivity index (χ0v) is 13.6. The summed E-state index contributed by atoms with van der Waals surface area (Å²) in [4.78, 5) is 13.3. The van der Waals surface area contributed by atoms with Gasteiger partial charge < -0.3 is 15.2 Å². The van der Waals surface area contributed by atoms with E-state index in [-0.39, 0.29) is 17.9 Å². The molecule has 122 valence electrons. The van der Waals surface area contributed by atoms with Crippen LogP contribution in [0, 0.1) is 0 Å². The number of nitrogens with one attached hydrogen (secondary N) is 1. The fraction of sp³-hybridized carbons (Fsp3) is 0.588. The molecule has 2 N–H and O–H groups in total. The first-order valence-corrected chi connectivity index (χ1v) is 7.75. The standard InChI is InChI=1S/C17H26N2O3/c1-17(2,3)14-6-4-5-7-15(14)22-12-13(20)10-19-9-8-18-16(21)11-19/h4-7,13,20H,8-12H2,1-3H3,(H,18,21)/t13-/m0/s1. The summed E-state index contributed by atoms with van der Waals surface area (Å²) in [5.41, 5.74) is 1.12. The normalized spacial score (nSPS) is 17.9. The van der Waals surface area contributed by atoms with E-state index in [1.54, 1.807) is 0 Å². The van der Waals surface area contributed by atoms with E-state index in [1.165, 1.54) is 0 Å². The van der Waals surface area contributed by atoms with Gasteiger partial charge in [-0.2, -0.15) is 0 Å². The Bertz CT molecular complexity index is 511. The molecule has 2 rings (SSSR count). The number of carbonyl (C=O) groups is 1. The van der Waals surface area contributed by atoms with Gasteiger partial charge in [-0.05, 0) is 17.0 Å². The van der Waals surface area contributed by atoms with E-state index < -0.39 is 6.10 Å². The molecule has 5 nitrogen and oxygen atoms in total. The maximum atomic E-state index is 11.3. The van der Waals surface area contributed by atoms with Crippen molar-refractivity contribution in [3.05, 3.63) is 29.8 Å². The molecule has 1 aromatic rings. The number of rotatable bonds is 5. The number of piperazine rings is 1. The summed E-state index contributed by atoms with van der Waals surface area (Å²) in [6.45, 7) is 8.83. The molecule has 1 amide bonds. The quantitative estimate of drug-likeness (QED) is 0.857. The molecular weight excluding hydrogens is 280 g/mol. The van der Waals surface area contributed by atoms with Crippen molar-refractivity contribution in [1.82, 2.24) is 10.2 Å². The SMILES string of the molecule is CC(C)(C)c1ccccc1OC[C@@H](O)CN1CCNC(=O)C1. The molecule has 0 unspecified atom stereocenters. The Hall–Kier alpha value is -1.59. The molecule has 1 aliphatic heterocycles. The average Bonchev–Trinajstić information content (AvgIpc) is 2.44. The van der Waals surface area contributed by atoms with Crippen LogP contribution in [-0.2, 0) is 10.2 Å². The van der Waals surface area contributed by atoms with E-state index in [0.29, 0.717) is 19.6 Å². The Morgan fingerprint density at radius 3 is 2.77 bits per heavy atom. The summed E-state index contributed by atoms with van der Waals surface area (Å²) < 4.78 is 5.82. The number of para-hydroxylation sites is 1. The van der Waals surface area contributed by atoms with Gasteiger partial charge in [0, 0.05) is 19.6 Å². The van der Waals surface area contributed by atoms with Crippen LogP contribution in [0.1, 0.15) is 26.3 Å². The second-order valence-electron chi connectivity index (χ2n) is 6.80. The van der Waals surface area contributed by atoms with Crippen LogP contribution in [0.2, 0.25) is 0 Å². The zero-order valence-electron chi connectivity index (χ0n) is 13.6. The number of carbonyl (C=O) groups excluding carboxylic acids is 1. The molecule has 0 bridgehead atoms. The second kappa shape index (κ2) is 7.11. The summed E-state index contributed by atoms with van der Waals surface area (Å²) in [5, 5.41) is 12.9. The monoisotopic (exact) mass is 306 g/mol. The third-order valence-corrected chi connectivity index (χ3v) is 3.71. The van der Waals surface area contributed by atoms with Crippen molar-refractivity contribution in [3.8, 4) is 5.75 Å². The second-order valence-corrected chi connectivity index (χ2v) is 6.80. The summed E-state index contributed by atoms with van der Waals surface area (Å²) in [5.74, 6) is 0.822. The fourth-order valence-electron chi connectivity index (χ4n) is 2.60. The van der Waals surface area contributed by atoms with Gasteiger partial charge in [-0.3, -0.25) is 9.69 Å². The molecule has 0 aliphatic carbocycles. The first-order chi connectivity index (χ1) is 10.4. The lowest BCUT2D eigenvalue weighted by molar-refractivity contribution is -0.124.